The largest absolute Gasteiger partial charge is 0.295 e. The second-order valence-electron chi connectivity index (χ2n) is 14.3. The zero-order chi connectivity index (χ0) is 38.4. The van der Waals surface area contributed by atoms with Gasteiger partial charge in [0.05, 0.1) is 11.0 Å². The van der Waals surface area contributed by atoms with E-state index in [0.29, 0.717) is 0 Å². The molecule has 0 aliphatic carbocycles. The van der Waals surface area contributed by atoms with Crippen LogP contribution in [-0.2, 0) is 0 Å². The van der Waals surface area contributed by atoms with Crippen molar-refractivity contribution in [3.8, 4) is 67.0 Å². The maximum absolute atomic E-state index is 4.63. The molecule has 0 aliphatic rings. The third-order valence-corrected chi connectivity index (χ3v) is 11.1. The minimum absolute atomic E-state index is 1.01. The smallest absolute Gasteiger partial charge is 0.131 e. The minimum atomic E-state index is 1.01. The molecule has 0 spiro atoms. The molecule has 0 saturated heterocycles. The minimum Gasteiger partial charge on any atom is -0.295 e. The normalized spacial score (nSPS) is 11.4. The standard InChI is InChI=1S/C52H34N6/c1-2-16-40(17-3-1)57-46-20-6-4-18-42(46)51-43-19-5-7-21-47(43)58(52(51)57)41-24-22-35(23-25-41)50-48(38-14-10-28-55-33-38)44(36-12-8-26-53-31-36)30-45(37-13-9-27-54-32-37)49(50)39-15-11-29-56-34-39/h1-34H. The van der Waals surface area contributed by atoms with Gasteiger partial charge in [0.25, 0.3) is 0 Å². The average molecular weight is 743 g/mol. The van der Waals surface area contributed by atoms with E-state index in [9.17, 15) is 0 Å². The lowest BCUT2D eigenvalue weighted by molar-refractivity contribution is 1.07. The molecule has 11 aromatic rings. The Hall–Kier alpha value is -7.96. The van der Waals surface area contributed by atoms with Crippen molar-refractivity contribution in [2.75, 3.05) is 0 Å². The van der Waals surface area contributed by atoms with Crippen LogP contribution in [0.3, 0.4) is 0 Å². The monoisotopic (exact) mass is 742 g/mol. The van der Waals surface area contributed by atoms with E-state index in [0.717, 1.165) is 78.2 Å². The van der Waals surface area contributed by atoms with Crippen LogP contribution < -0.4 is 0 Å². The van der Waals surface area contributed by atoms with Gasteiger partial charge in [-0.1, -0.05) is 91.0 Å². The van der Waals surface area contributed by atoms with Crippen LogP contribution in [0.2, 0.25) is 0 Å². The highest BCUT2D eigenvalue weighted by Gasteiger charge is 2.26. The Kier molecular flexibility index (Phi) is 8.04. The van der Waals surface area contributed by atoms with Gasteiger partial charge in [-0.2, -0.15) is 0 Å². The maximum atomic E-state index is 4.63. The number of hydrogen-bond acceptors (Lipinski definition) is 4. The van der Waals surface area contributed by atoms with Gasteiger partial charge in [-0.15, -0.1) is 0 Å². The predicted octanol–water partition coefficient (Wildman–Crippen LogP) is 12.6. The van der Waals surface area contributed by atoms with Gasteiger partial charge >= 0.3 is 0 Å². The van der Waals surface area contributed by atoms with Crippen molar-refractivity contribution in [3.05, 3.63) is 207 Å². The molecule has 0 atom stereocenters. The summed E-state index contributed by atoms with van der Waals surface area (Å²) in [6.45, 7) is 0. The van der Waals surface area contributed by atoms with E-state index < -0.39 is 0 Å². The Balaban J connectivity index is 1.23. The molecule has 0 bridgehead atoms. The quantitative estimate of drug-likeness (QED) is 0.163. The third kappa shape index (κ3) is 5.42. The first kappa shape index (κ1) is 33.4. The molecule has 0 saturated carbocycles. The molecule has 0 radical (unpaired) electrons. The lowest BCUT2D eigenvalue weighted by Gasteiger charge is -2.24. The Bertz CT molecular complexity index is 3130. The summed E-state index contributed by atoms with van der Waals surface area (Å²) in [4.78, 5) is 18.4. The topological polar surface area (TPSA) is 61.4 Å². The molecule has 6 heterocycles. The highest BCUT2D eigenvalue weighted by Crippen LogP contribution is 2.50. The molecular weight excluding hydrogens is 709 g/mol. The number of fused-ring (bicyclic) bond motifs is 5. The van der Waals surface area contributed by atoms with Gasteiger partial charge in [0.2, 0.25) is 0 Å². The molecular formula is C52H34N6. The first-order chi connectivity index (χ1) is 28.8. The van der Waals surface area contributed by atoms with Crippen LogP contribution in [-0.4, -0.2) is 29.1 Å². The predicted molar refractivity (Wildman–Crippen MR) is 236 cm³/mol. The molecule has 0 unspecified atom stereocenters. The zero-order valence-electron chi connectivity index (χ0n) is 31.3. The van der Waals surface area contributed by atoms with Crippen molar-refractivity contribution in [2.45, 2.75) is 0 Å². The highest BCUT2D eigenvalue weighted by molar-refractivity contribution is 6.22. The second kappa shape index (κ2) is 14.0. The molecule has 6 nitrogen and oxygen atoms in total. The molecule has 6 heteroatoms. The lowest BCUT2D eigenvalue weighted by Crippen LogP contribution is -2.02. The SMILES string of the molecule is c1ccc(-n2c3ccccc3c3c4ccccc4n(-c4ccc(-c5c(-c6cccnc6)c(-c6cccnc6)cc(-c6cccnc6)c5-c5cccnc5)cc4)c32)cc1. The Morgan fingerprint density at radius 1 is 0.328 bits per heavy atom. The number of para-hydroxylation sites is 3. The van der Waals surface area contributed by atoms with Gasteiger partial charge < -0.3 is 0 Å². The number of pyridine rings is 4. The van der Waals surface area contributed by atoms with E-state index in [1.54, 1.807) is 0 Å². The summed E-state index contributed by atoms with van der Waals surface area (Å²) in [7, 11) is 0. The molecule has 6 aromatic heterocycles. The van der Waals surface area contributed by atoms with E-state index in [-0.39, 0.29) is 0 Å². The van der Waals surface area contributed by atoms with E-state index in [1.807, 2.05) is 73.8 Å². The van der Waals surface area contributed by atoms with Crippen LogP contribution in [0.1, 0.15) is 0 Å². The van der Waals surface area contributed by atoms with Crippen molar-refractivity contribution in [3.63, 3.8) is 0 Å². The number of nitrogens with zero attached hydrogens (tertiary/aromatic N) is 6. The van der Waals surface area contributed by atoms with E-state index in [1.165, 1.54) is 21.7 Å². The summed E-state index contributed by atoms with van der Waals surface area (Å²) in [5, 5.41) is 3.68. The van der Waals surface area contributed by atoms with Gasteiger partial charge in [0.1, 0.15) is 5.65 Å². The second-order valence-corrected chi connectivity index (χ2v) is 14.3. The first-order valence-electron chi connectivity index (χ1n) is 19.3. The Labute approximate surface area is 335 Å². The summed E-state index contributed by atoms with van der Waals surface area (Å²) < 4.78 is 4.82. The molecule has 0 fully saturated rings. The molecule has 272 valence electrons. The average Bonchev–Trinajstić information content (AvgIpc) is 3.82. The van der Waals surface area contributed by atoms with Crippen LogP contribution in [0.5, 0.6) is 0 Å². The number of hydrogen-bond donors (Lipinski definition) is 0. The van der Waals surface area contributed by atoms with E-state index >= 15 is 0 Å². The first-order valence-corrected chi connectivity index (χ1v) is 19.3. The van der Waals surface area contributed by atoms with Gasteiger partial charge in [-0.3, -0.25) is 29.1 Å². The summed E-state index contributed by atoms with van der Waals surface area (Å²) in [5.41, 5.74) is 16.1. The van der Waals surface area contributed by atoms with Crippen molar-refractivity contribution in [2.24, 2.45) is 0 Å². The Morgan fingerprint density at radius 2 is 0.759 bits per heavy atom. The van der Waals surface area contributed by atoms with E-state index in [2.05, 4.69) is 163 Å². The fourth-order valence-electron chi connectivity index (χ4n) is 8.67. The third-order valence-electron chi connectivity index (χ3n) is 11.1. The van der Waals surface area contributed by atoms with Crippen LogP contribution in [0.4, 0.5) is 0 Å². The fraction of sp³-hybridized carbons (Fsp3) is 0. The summed E-state index contributed by atoms with van der Waals surface area (Å²) >= 11 is 0. The number of benzene rings is 5. The summed E-state index contributed by atoms with van der Waals surface area (Å²) in [6.07, 6.45) is 15.1. The molecule has 58 heavy (non-hydrogen) atoms. The van der Waals surface area contributed by atoms with E-state index in [4.69, 9.17) is 0 Å². The van der Waals surface area contributed by atoms with Crippen LogP contribution in [0.25, 0.3) is 99.8 Å². The van der Waals surface area contributed by atoms with Crippen molar-refractivity contribution in [1.82, 2.24) is 29.1 Å². The highest BCUT2D eigenvalue weighted by atomic mass is 15.1. The zero-order valence-corrected chi connectivity index (χ0v) is 31.3. The van der Waals surface area contributed by atoms with Crippen LogP contribution >= 0.6 is 0 Å². The van der Waals surface area contributed by atoms with Crippen LogP contribution in [0, 0.1) is 0 Å². The van der Waals surface area contributed by atoms with Crippen molar-refractivity contribution in [1.29, 1.82) is 0 Å². The Morgan fingerprint density at radius 3 is 1.22 bits per heavy atom. The van der Waals surface area contributed by atoms with Crippen LogP contribution in [0.15, 0.2) is 207 Å². The van der Waals surface area contributed by atoms with Gasteiger partial charge in [-0.05, 0) is 100 Å². The van der Waals surface area contributed by atoms with Crippen molar-refractivity contribution >= 4 is 32.8 Å². The maximum Gasteiger partial charge on any atom is 0.131 e. The van der Waals surface area contributed by atoms with Crippen molar-refractivity contribution < 1.29 is 0 Å². The molecule has 0 aliphatic heterocycles. The molecule has 11 rings (SSSR count). The summed E-state index contributed by atoms with van der Waals surface area (Å²) in [6, 6.07) is 56.0. The summed E-state index contributed by atoms with van der Waals surface area (Å²) in [5.74, 6) is 0. The number of rotatable bonds is 7. The van der Waals surface area contributed by atoms with Gasteiger partial charge in [0, 0.05) is 99.4 Å². The molecule has 0 amide bonds. The lowest BCUT2D eigenvalue weighted by atomic mass is 9.79. The molecule has 0 N–H and O–H groups in total. The molecule has 5 aromatic carbocycles. The van der Waals surface area contributed by atoms with Gasteiger partial charge in [-0.25, -0.2) is 0 Å². The van der Waals surface area contributed by atoms with Gasteiger partial charge in [0.15, 0.2) is 0 Å². The number of aromatic nitrogens is 6. The fourth-order valence-corrected chi connectivity index (χ4v) is 8.67.